The van der Waals surface area contributed by atoms with Gasteiger partial charge in [0.25, 0.3) is 0 Å². The molecule has 1 N–H and O–H groups in total. The van der Waals surface area contributed by atoms with E-state index in [1.54, 1.807) is 0 Å². The van der Waals surface area contributed by atoms with Crippen LogP contribution in [0.4, 0.5) is 0 Å². The number of nitrogens with one attached hydrogen (secondary N) is 1. The fourth-order valence-corrected chi connectivity index (χ4v) is 3.44. The van der Waals surface area contributed by atoms with Gasteiger partial charge in [-0.2, -0.15) is 17.0 Å². The van der Waals surface area contributed by atoms with Crippen LogP contribution in [-0.4, -0.2) is 24.7 Å². The fraction of sp³-hybridized carbons (Fsp3) is 0.533. The first-order chi connectivity index (χ1) is 9.38. The number of hydrogen-bond donors (Lipinski definition) is 1. The van der Waals surface area contributed by atoms with Crippen molar-refractivity contribution in [2.75, 3.05) is 24.7 Å². The molecule has 0 radical (unpaired) electrons. The highest BCUT2D eigenvalue weighted by molar-refractivity contribution is 7.99. The van der Waals surface area contributed by atoms with E-state index < -0.39 is 0 Å². The summed E-state index contributed by atoms with van der Waals surface area (Å²) in [5.41, 5.74) is 1.21. The van der Waals surface area contributed by atoms with Crippen LogP contribution < -0.4 is 10.1 Å². The van der Waals surface area contributed by atoms with Gasteiger partial charge >= 0.3 is 0 Å². The van der Waals surface area contributed by atoms with Gasteiger partial charge in [-0.3, -0.25) is 0 Å². The molecule has 2 rings (SSSR count). The Balaban J connectivity index is 1.74. The zero-order chi connectivity index (χ0) is 13.3. The van der Waals surface area contributed by atoms with Crippen LogP contribution in [0.3, 0.4) is 0 Å². The summed E-state index contributed by atoms with van der Waals surface area (Å²) < 4.78 is 5.30. The third kappa shape index (κ3) is 5.14. The van der Waals surface area contributed by atoms with Crippen LogP contribution in [0.5, 0.6) is 5.75 Å². The molecule has 0 atom stereocenters. The van der Waals surface area contributed by atoms with Crippen molar-refractivity contribution >= 4 is 11.8 Å². The molecule has 0 spiro atoms. The Bertz CT molecular complexity index is 424. The first-order valence-corrected chi connectivity index (χ1v) is 7.91. The van der Waals surface area contributed by atoms with Crippen molar-refractivity contribution in [3.63, 3.8) is 0 Å². The highest BCUT2D eigenvalue weighted by atomic mass is 32.2. The van der Waals surface area contributed by atoms with E-state index in [1.807, 2.05) is 24.3 Å². The maximum Gasteiger partial charge on any atom is 0.174 e. The van der Waals surface area contributed by atoms with Gasteiger partial charge in [0.2, 0.25) is 0 Å². The standard InChI is InChI=1S/C15H20N2OS/c16-6-7-18-15-3-1-2-14(10-15)12-17-11-13-4-8-19-9-5-13/h1-3,10,13,17H,4-5,7-9,11-12H2. The molecule has 1 heterocycles. The van der Waals surface area contributed by atoms with E-state index in [2.05, 4.69) is 23.1 Å². The molecule has 0 aromatic heterocycles. The SMILES string of the molecule is N#CCOc1cccc(CNCC2CCSCC2)c1. The first kappa shape index (κ1) is 14.2. The van der Waals surface area contributed by atoms with Gasteiger partial charge in [-0.15, -0.1) is 0 Å². The number of ether oxygens (including phenoxy) is 1. The molecule has 1 saturated heterocycles. The molecule has 0 aliphatic carbocycles. The molecule has 1 aromatic carbocycles. The summed E-state index contributed by atoms with van der Waals surface area (Å²) in [6, 6.07) is 9.93. The smallest absolute Gasteiger partial charge is 0.174 e. The van der Waals surface area contributed by atoms with Crippen molar-refractivity contribution in [2.45, 2.75) is 19.4 Å². The van der Waals surface area contributed by atoms with Crippen LogP contribution in [0.2, 0.25) is 0 Å². The predicted molar refractivity (Wildman–Crippen MR) is 79.3 cm³/mol. The number of hydrogen-bond acceptors (Lipinski definition) is 4. The maximum absolute atomic E-state index is 8.49. The number of nitrogens with zero attached hydrogens (tertiary/aromatic N) is 1. The van der Waals surface area contributed by atoms with E-state index in [-0.39, 0.29) is 6.61 Å². The lowest BCUT2D eigenvalue weighted by atomic mass is 10.0. The zero-order valence-corrected chi connectivity index (χ0v) is 11.9. The Labute approximate surface area is 119 Å². The maximum atomic E-state index is 8.49. The molecule has 3 nitrogen and oxygen atoms in total. The van der Waals surface area contributed by atoms with Crippen LogP contribution >= 0.6 is 11.8 Å². The quantitative estimate of drug-likeness (QED) is 0.868. The lowest BCUT2D eigenvalue weighted by Crippen LogP contribution is -2.25. The summed E-state index contributed by atoms with van der Waals surface area (Å²) in [5.74, 6) is 4.22. The van der Waals surface area contributed by atoms with Gasteiger partial charge in [0, 0.05) is 6.54 Å². The van der Waals surface area contributed by atoms with Gasteiger partial charge in [0.15, 0.2) is 6.61 Å². The van der Waals surface area contributed by atoms with Gasteiger partial charge in [0.05, 0.1) is 0 Å². The lowest BCUT2D eigenvalue weighted by Gasteiger charge is -2.21. The largest absolute Gasteiger partial charge is 0.479 e. The van der Waals surface area contributed by atoms with E-state index in [1.165, 1.54) is 29.9 Å². The molecule has 1 aliphatic rings. The molecule has 4 heteroatoms. The van der Waals surface area contributed by atoms with Gasteiger partial charge < -0.3 is 10.1 Å². The van der Waals surface area contributed by atoms with E-state index >= 15 is 0 Å². The summed E-state index contributed by atoms with van der Waals surface area (Å²) in [6.07, 6.45) is 2.67. The molecule has 0 bridgehead atoms. The molecule has 1 fully saturated rings. The Hall–Kier alpha value is -1.18. The van der Waals surface area contributed by atoms with Gasteiger partial charge in [-0.1, -0.05) is 12.1 Å². The second-order valence-electron chi connectivity index (χ2n) is 4.78. The van der Waals surface area contributed by atoms with Gasteiger partial charge in [-0.25, -0.2) is 0 Å². The van der Waals surface area contributed by atoms with Crippen molar-refractivity contribution in [1.82, 2.24) is 5.32 Å². The van der Waals surface area contributed by atoms with Crippen LogP contribution in [0, 0.1) is 17.2 Å². The Morgan fingerprint density at radius 3 is 3.00 bits per heavy atom. The average Bonchev–Trinajstić information content (AvgIpc) is 2.47. The predicted octanol–water partition coefficient (Wildman–Crippen LogP) is 2.82. The Morgan fingerprint density at radius 2 is 2.21 bits per heavy atom. The molecule has 0 saturated carbocycles. The molecule has 1 aromatic rings. The highest BCUT2D eigenvalue weighted by Crippen LogP contribution is 2.22. The summed E-state index contributed by atoms with van der Waals surface area (Å²) in [4.78, 5) is 0. The monoisotopic (exact) mass is 276 g/mol. The molecule has 19 heavy (non-hydrogen) atoms. The van der Waals surface area contributed by atoms with Crippen molar-refractivity contribution in [1.29, 1.82) is 5.26 Å². The van der Waals surface area contributed by atoms with E-state index in [9.17, 15) is 0 Å². The summed E-state index contributed by atoms with van der Waals surface area (Å²) in [5, 5.41) is 12.0. The van der Waals surface area contributed by atoms with Crippen molar-refractivity contribution in [2.24, 2.45) is 5.92 Å². The minimum absolute atomic E-state index is 0.108. The van der Waals surface area contributed by atoms with E-state index in [0.29, 0.717) is 0 Å². The minimum atomic E-state index is 0.108. The highest BCUT2D eigenvalue weighted by Gasteiger charge is 2.12. The number of rotatable bonds is 6. The molecule has 1 aliphatic heterocycles. The number of nitriles is 1. The van der Waals surface area contributed by atoms with Gasteiger partial charge in [0.1, 0.15) is 11.8 Å². The van der Waals surface area contributed by atoms with Crippen molar-refractivity contribution in [3.05, 3.63) is 29.8 Å². The summed E-state index contributed by atoms with van der Waals surface area (Å²) in [7, 11) is 0. The average molecular weight is 276 g/mol. The van der Waals surface area contributed by atoms with E-state index in [0.717, 1.165) is 24.8 Å². The van der Waals surface area contributed by atoms with Crippen molar-refractivity contribution in [3.8, 4) is 11.8 Å². The molecular weight excluding hydrogens is 256 g/mol. The second kappa shape index (κ2) is 8.08. The Kier molecular flexibility index (Phi) is 6.06. The summed E-state index contributed by atoms with van der Waals surface area (Å²) >= 11 is 2.07. The molecular formula is C15H20N2OS. The second-order valence-corrected chi connectivity index (χ2v) is 6.01. The first-order valence-electron chi connectivity index (χ1n) is 6.75. The van der Waals surface area contributed by atoms with Crippen LogP contribution in [0.25, 0.3) is 0 Å². The third-order valence-corrected chi connectivity index (χ3v) is 4.35. The number of thioether (sulfide) groups is 1. The van der Waals surface area contributed by atoms with E-state index in [4.69, 9.17) is 10.00 Å². The van der Waals surface area contributed by atoms with Crippen LogP contribution in [-0.2, 0) is 6.54 Å². The zero-order valence-electron chi connectivity index (χ0n) is 11.1. The topological polar surface area (TPSA) is 45.0 Å². The molecule has 102 valence electrons. The number of benzene rings is 1. The lowest BCUT2D eigenvalue weighted by molar-refractivity contribution is 0.367. The third-order valence-electron chi connectivity index (χ3n) is 3.30. The van der Waals surface area contributed by atoms with Crippen LogP contribution in [0.1, 0.15) is 18.4 Å². The normalized spacial score (nSPS) is 15.9. The fourth-order valence-electron chi connectivity index (χ4n) is 2.23. The Morgan fingerprint density at radius 1 is 1.37 bits per heavy atom. The molecule has 0 amide bonds. The minimum Gasteiger partial charge on any atom is -0.479 e. The molecule has 0 unspecified atom stereocenters. The van der Waals surface area contributed by atoms with Crippen molar-refractivity contribution < 1.29 is 4.74 Å². The summed E-state index contributed by atoms with van der Waals surface area (Å²) in [6.45, 7) is 2.08. The van der Waals surface area contributed by atoms with Crippen LogP contribution in [0.15, 0.2) is 24.3 Å². The van der Waals surface area contributed by atoms with Gasteiger partial charge in [-0.05, 0) is 54.5 Å².